The van der Waals surface area contributed by atoms with Crippen molar-refractivity contribution in [1.82, 2.24) is 5.32 Å². The lowest BCUT2D eigenvalue weighted by atomic mass is 9.96. The average molecular weight is 205 g/mol. The van der Waals surface area contributed by atoms with E-state index in [2.05, 4.69) is 37.4 Å². The molecule has 1 aromatic rings. The van der Waals surface area contributed by atoms with Gasteiger partial charge in [-0.25, -0.2) is 0 Å². The fourth-order valence-corrected chi connectivity index (χ4v) is 2.22. The number of nitrogens with one attached hydrogen (secondary N) is 1. The quantitative estimate of drug-likeness (QED) is 0.760. The molecular weight excluding hydrogens is 186 g/mol. The molecule has 15 heavy (non-hydrogen) atoms. The van der Waals surface area contributed by atoms with Gasteiger partial charge in [0.05, 0.1) is 7.11 Å². The van der Waals surface area contributed by atoms with E-state index in [1.807, 2.05) is 0 Å². The summed E-state index contributed by atoms with van der Waals surface area (Å²) in [5, 5.41) is 3.55. The number of benzene rings is 1. The Hall–Kier alpha value is -1.02. The molecule has 0 saturated carbocycles. The van der Waals surface area contributed by atoms with Gasteiger partial charge in [0.1, 0.15) is 5.75 Å². The van der Waals surface area contributed by atoms with Crippen molar-refractivity contribution >= 4 is 0 Å². The van der Waals surface area contributed by atoms with Gasteiger partial charge in [0, 0.05) is 6.04 Å². The first kappa shape index (κ1) is 10.5. The molecule has 82 valence electrons. The molecule has 1 N–H and O–H groups in total. The fraction of sp³-hybridized carbons (Fsp3) is 0.538. The Morgan fingerprint density at radius 3 is 2.87 bits per heavy atom. The number of fused-ring (bicyclic) bond motifs is 1. The molecule has 1 aliphatic heterocycles. The van der Waals surface area contributed by atoms with Crippen molar-refractivity contribution in [2.24, 2.45) is 5.92 Å². The minimum Gasteiger partial charge on any atom is -0.497 e. The highest BCUT2D eigenvalue weighted by Gasteiger charge is 2.18. The van der Waals surface area contributed by atoms with Crippen molar-refractivity contribution in [1.29, 1.82) is 0 Å². The monoisotopic (exact) mass is 205 g/mol. The summed E-state index contributed by atoms with van der Waals surface area (Å²) in [6.07, 6.45) is 1.16. The van der Waals surface area contributed by atoms with Crippen LogP contribution >= 0.6 is 0 Å². The predicted octanol–water partition coefficient (Wildman–Crippen LogP) is 2.54. The Labute approximate surface area is 91.6 Å². The van der Waals surface area contributed by atoms with E-state index in [-0.39, 0.29) is 0 Å². The summed E-state index contributed by atoms with van der Waals surface area (Å²) >= 11 is 0. The molecule has 0 spiro atoms. The number of ether oxygens (including phenoxy) is 1. The van der Waals surface area contributed by atoms with Crippen LogP contribution in [0.4, 0.5) is 0 Å². The molecule has 0 aromatic heterocycles. The second kappa shape index (κ2) is 4.23. The van der Waals surface area contributed by atoms with Gasteiger partial charge in [-0.2, -0.15) is 0 Å². The zero-order valence-corrected chi connectivity index (χ0v) is 9.71. The molecular formula is C13H19NO. The zero-order chi connectivity index (χ0) is 10.8. The van der Waals surface area contributed by atoms with Crippen molar-refractivity contribution in [3.63, 3.8) is 0 Å². The van der Waals surface area contributed by atoms with E-state index < -0.39 is 0 Å². The first-order chi connectivity index (χ1) is 7.20. The second-order valence-electron chi connectivity index (χ2n) is 4.50. The summed E-state index contributed by atoms with van der Waals surface area (Å²) < 4.78 is 5.27. The minimum absolute atomic E-state index is 0.431. The lowest BCUT2D eigenvalue weighted by Crippen LogP contribution is -2.21. The van der Waals surface area contributed by atoms with Crippen LogP contribution in [-0.4, -0.2) is 13.7 Å². The highest BCUT2D eigenvalue weighted by Crippen LogP contribution is 2.27. The third-order valence-corrected chi connectivity index (χ3v) is 3.16. The summed E-state index contributed by atoms with van der Waals surface area (Å²) in [6, 6.07) is 6.85. The molecule has 2 unspecified atom stereocenters. The smallest absolute Gasteiger partial charge is 0.119 e. The van der Waals surface area contributed by atoms with Gasteiger partial charge in [-0.3, -0.25) is 0 Å². The zero-order valence-electron chi connectivity index (χ0n) is 9.71. The number of rotatable bonds is 1. The number of methoxy groups -OCH3 is 1. The van der Waals surface area contributed by atoms with Crippen LogP contribution in [0.3, 0.4) is 0 Å². The highest BCUT2D eigenvalue weighted by atomic mass is 16.5. The molecule has 2 rings (SSSR count). The number of hydrogen-bond donors (Lipinski definition) is 1. The van der Waals surface area contributed by atoms with E-state index in [1.54, 1.807) is 7.11 Å². The van der Waals surface area contributed by atoms with E-state index in [4.69, 9.17) is 4.74 Å². The largest absolute Gasteiger partial charge is 0.497 e. The summed E-state index contributed by atoms with van der Waals surface area (Å²) in [4.78, 5) is 0. The third kappa shape index (κ3) is 2.15. The fourth-order valence-electron chi connectivity index (χ4n) is 2.22. The maximum atomic E-state index is 5.27. The maximum Gasteiger partial charge on any atom is 0.119 e. The minimum atomic E-state index is 0.431. The predicted molar refractivity (Wildman–Crippen MR) is 62.3 cm³/mol. The average Bonchev–Trinajstić information content (AvgIpc) is 2.39. The van der Waals surface area contributed by atoms with Crippen LogP contribution in [0.15, 0.2) is 18.2 Å². The van der Waals surface area contributed by atoms with Crippen molar-refractivity contribution in [2.45, 2.75) is 26.3 Å². The molecule has 0 bridgehead atoms. The summed E-state index contributed by atoms with van der Waals surface area (Å²) in [7, 11) is 1.72. The molecule has 0 fully saturated rings. The van der Waals surface area contributed by atoms with Crippen molar-refractivity contribution in [2.75, 3.05) is 13.7 Å². The lowest BCUT2D eigenvalue weighted by Gasteiger charge is -2.14. The van der Waals surface area contributed by atoms with E-state index >= 15 is 0 Å². The molecule has 0 aliphatic carbocycles. The van der Waals surface area contributed by atoms with Gasteiger partial charge in [-0.15, -0.1) is 0 Å². The molecule has 2 nitrogen and oxygen atoms in total. The Morgan fingerprint density at radius 1 is 1.33 bits per heavy atom. The number of hydrogen-bond acceptors (Lipinski definition) is 2. The Morgan fingerprint density at radius 2 is 2.13 bits per heavy atom. The molecule has 2 heteroatoms. The van der Waals surface area contributed by atoms with Crippen LogP contribution in [0.1, 0.15) is 31.0 Å². The Bertz CT molecular complexity index is 348. The molecule has 1 heterocycles. The molecule has 2 atom stereocenters. The van der Waals surface area contributed by atoms with E-state index in [1.165, 1.54) is 11.1 Å². The van der Waals surface area contributed by atoms with Gasteiger partial charge in [0.15, 0.2) is 0 Å². The van der Waals surface area contributed by atoms with Crippen LogP contribution in [0.2, 0.25) is 0 Å². The van der Waals surface area contributed by atoms with Gasteiger partial charge in [-0.05, 0) is 49.1 Å². The molecule has 0 amide bonds. The second-order valence-corrected chi connectivity index (χ2v) is 4.50. The van der Waals surface area contributed by atoms with Gasteiger partial charge < -0.3 is 10.1 Å². The Kier molecular flexibility index (Phi) is 2.96. The lowest BCUT2D eigenvalue weighted by molar-refractivity contribution is 0.413. The van der Waals surface area contributed by atoms with E-state index in [0.29, 0.717) is 12.0 Å². The summed E-state index contributed by atoms with van der Waals surface area (Å²) in [5.41, 5.74) is 2.85. The van der Waals surface area contributed by atoms with Crippen LogP contribution in [0.5, 0.6) is 5.75 Å². The van der Waals surface area contributed by atoms with Crippen LogP contribution < -0.4 is 10.1 Å². The summed E-state index contributed by atoms with van der Waals surface area (Å²) in [6.45, 7) is 5.60. The van der Waals surface area contributed by atoms with Crippen molar-refractivity contribution in [3.05, 3.63) is 29.3 Å². The normalized spacial score (nSPS) is 25.5. The molecule has 0 saturated heterocycles. The van der Waals surface area contributed by atoms with Gasteiger partial charge in [0.25, 0.3) is 0 Å². The molecule has 1 aromatic carbocycles. The molecule has 0 radical (unpaired) electrons. The highest BCUT2D eigenvalue weighted by molar-refractivity contribution is 5.38. The van der Waals surface area contributed by atoms with Crippen molar-refractivity contribution in [3.8, 4) is 5.75 Å². The Balaban J connectivity index is 2.39. The summed E-state index contributed by atoms with van der Waals surface area (Å²) in [5.74, 6) is 1.67. The maximum absolute atomic E-state index is 5.27. The molecule has 1 aliphatic rings. The third-order valence-electron chi connectivity index (χ3n) is 3.16. The van der Waals surface area contributed by atoms with Crippen LogP contribution in [-0.2, 0) is 6.42 Å². The topological polar surface area (TPSA) is 21.3 Å². The first-order valence-electron chi connectivity index (χ1n) is 5.61. The first-order valence-corrected chi connectivity index (χ1v) is 5.61. The van der Waals surface area contributed by atoms with Crippen LogP contribution in [0.25, 0.3) is 0 Å². The van der Waals surface area contributed by atoms with Crippen LogP contribution in [0, 0.1) is 5.92 Å². The standard InChI is InChI=1S/C13H19NO/c1-9-6-11-4-5-12(15-3)7-13(11)10(2)14-8-9/h4-5,7,9-10,14H,6,8H2,1-3H3. The van der Waals surface area contributed by atoms with E-state index in [9.17, 15) is 0 Å². The van der Waals surface area contributed by atoms with Gasteiger partial charge in [-0.1, -0.05) is 13.0 Å². The van der Waals surface area contributed by atoms with Gasteiger partial charge >= 0.3 is 0 Å². The SMILES string of the molecule is COc1ccc2c(c1)C(C)NCC(C)C2. The van der Waals surface area contributed by atoms with Gasteiger partial charge in [0.2, 0.25) is 0 Å². The van der Waals surface area contributed by atoms with E-state index in [0.717, 1.165) is 18.7 Å². The van der Waals surface area contributed by atoms with Crippen molar-refractivity contribution < 1.29 is 4.74 Å².